The molecular weight excluding hydrogens is 829 g/mol. The Balaban J connectivity index is 0.890. The van der Waals surface area contributed by atoms with Crippen molar-refractivity contribution in [1.29, 1.82) is 0 Å². The van der Waals surface area contributed by atoms with E-state index in [0.29, 0.717) is 43.4 Å². The highest BCUT2D eigenvalue weighted by molar-refractivity contribution is 5.91. The van der Waals surface area contributed by atoms with Gasteiger partial charge < -0.3 is 49.3 Å². The third-order valence-corrected chi connectivity index (χ3v) is 12.6. The Morgan fingerprint density at radius 3 is 1.95 bits per heavy atom. The summed E-state index contributed by atoms with van der Waals surface area (Å²) in [6.07, 6.45) is 4.19. The SMILES string of the molecule is COC(=O)NC(C(=O)N1CCC[C@H]1c1ncc(-c2ccc3cc(-c4ccc(-c5cnc([C@@H]6CC7(CN6C(=O)C(NC(=O)OC)C(C)C)OCCO7)[nH]5)cc4)ccc3c2)[nH]1)c1ccccc1. The molecule has 0 bridgehead atoms. The highest BCUT2D eigenvalue weighted by atomic mass is 16.7. The number of carbonyl (C=O) groups is 4. The van der Waals surface area contributed by atoms with E-state index in [4.69, 9.17) is 28.9 Å². The molecule has 4 aromatic carbocycles. The van der Waals surface area contributed by atoms with Crippen molar-refractivity contribution in [3.8, 4) is 33.6 Å². The van der Waals surface area contributed by atoms with E-state index < -0.39 is 36.1 Å². The first-order valence-corrected chi connectivity index (χ1v) is 21.9. The summed E-state index contributed by atoms with van der Waals surface area (Å²) < 4.78 is 21.7. The second kappa shape index (κ2) is 18.2. The van der Waals surface area contributed by atoms with Crippen LogP contribution in [-0.4, -0.2) is 106 Å². The summed E-state index contributed by atoms with van der Waals surface area (Å²) in [5, 5.41) is 7.56. The third kappa shape index (κ3) is 8.78. The number of benzene rings is 4. The molecule has 9 rings (SSSR count). The number of H-pyrrole nitrogens is 2. The lowest BCUT2D eigenvalue weighted by Gasteiger charge is -2.30. The summed E-state index contributed by atoms with van der Waals surface area (Å²) in [6, 6.07) is 27.7. The van der Waals surface area contributed by atoms with Gasteiger partial charge in [-0.05, 0) is 63.9 Å². The van der Waals surface area contributed by atoms with Crippen molar-refractivity contribution in [3.63, 3.8) is 0 Å². The normalized spacial score (nSPS) is 18.8. The number of fused-ring (bicyclic) bond motifs is 1. The van der Waals surface area contributed by atoms with Gasteiger partial charge in [-0.2, -0.15) is 0 Å². The number of likely N-dealkylation sites (tertiary alicyclic amines) is 2. The van der Waals surface area contributed by atoms with Crippen LogP contribution in [0.15, 0.2) is 103 Å². The number of methoxy groups -OCH3 is 2. The van der Waals surface area contributed by atoms with Crippen molar-refractivity contribution in [2.45, 2.75) is 63.1 Å². The van der Waals surface area contributed by atoms with E-state index in [1.807, 2.05) is 62.5 Å². The van der Waals surface area contributed by atoms with Crippen LogP contribution in [0.5, 0.6) is 0 Å². The number of nitrogens with one attached hydrogen (secondary N) is 4. The molecule has 0 radical (unpaired) electrons. The van der Waals surface area contributed by atoms with Gasteiger partial charge in [0.05, 0.1) is 69.8 Å². The van der Waals surface area contributed by atoms with Crippen molar-refractivity contribution < 1.29 is 38.1 Å². The quantitative estimate of drug-likeness (QED) is 0.102. The van der Waals surface area contributed by atoms with Crippen LogP contribution in [0.2, 0.25) is 0 Å². The van der Waals surface area contributed by atoms with Gasteiger partial charge in [0.2, 0.25) is 5.91 Å². The van der Waals surface area contributed by atoms with Crippen molar-refractivity contribution in [3.05, 3.63) is 121 Å². The maximum atomic E-state index is 14.0. The van der Waals surface area contributed by atoms with Gasteiger partial charge in [-0.25, -0.2) is 19.6 Å². The van der Waals surface area contributed by atoms with E-state index in [0.717, 1.165) is 57.3 Å². The Bertz CT molecular complexity index is 2690. The molecule has 0 aliphatic carbocycles. The number of ether oxygens (including phenoxy) is 4. The number of hydrogen-bond donors (Lipinski definition) is 4. The van der Waals surface area contributed by atoms with Gasteiger partial charge in [0.1, 0.15) is 23.7 Å². The number of aromatic amines is 2. The Labute approximate surface area is 376 Å². The fraction of sp³-hybridized carbons (Fsp3) is 0.347. The number of amides is 4. The van der Waals surface area contributed by atoms with Crippen LogP contribution in [0, 0.1) is 5.92 Å². The predicted octanol–water partition coefficient (Wildman–Crippen LogP) is 7.44. The van der Waals surface area contributed by atoms with Crippen molar-refractivity contribution >= 4 is 34.8 Å². The highest BCUT2D eigenvalue weighted by Gasteiger charge is 2.53. The molecule has 16 nitrogen and oxygen atoms in total. The minimum absolute atomic E-state index is 0.194. The molecule has 0 saturated carbocycles. The zero-order valence-corrected chi connectivity index (χ0v) is 36.7. The van der Waals surface area contributed by atoms with Crippen molar-refractivity contribution in [2.75, 3.05) is 40.5 Å². The van der Waals surface area contributed by atoms with Crippen LogP contribution in [0.3, 0.4) is 0 Å². The van der Waals surface area contributed by atoms with Gasteiger partial charge in [-0.1, -0.05) is 92.7 Å². The van der Waals surface area contributed by atoms with E-state index in [2.05, 4.69) is 69.1 Å². The molecule has 3 aliphatic heterocycles. The minimum atomic E-state index is -0.937. The lowest BCUT2D eigenvalue weighted by Crippen LogP contribution is -2.52. The maximum absolute atomic E-state index is 14.0. The van der Waals surface area contributed by atoms with Crippen molar-refractivity contribution in [1.82, 2.24) is 40.4 Å². The molecule has 3 fully saturated rings. The Morgan fingerprint density at radius 2 is 1.29 bits per heavy atom. The standard InChI is InChI=1S/C49H52N8O8/c1-29(2)41(54-47(60)62-3)45(58)57-28-49(64-21-22-65-49)25-40(57)44-51-26-37(52-44)31-14-12-30(13-15-31)33-16-17-35-24-36(19-18-34(35)23-33)38-27-50-43(53-38)39-11-8-20-56(39)46(59)42(55-48(61)63-4)32-9-6-5-7-10-32/h5-7,9-10,12-19,23-24,26-27,29,39-42H,8,11,20-22,25,28H2,1-4H3,(H,50,53)(H,51,52)(H,54,60)(H,55,61)/t39-,40-,41?,42?/m0/s1. The van der Waals surface area contributed by atoms with Crippen LogP contribution in [0.25, 0.3) is 44.4 Å². The van der Waals surface area contributed by atoms with Crippen LogP contribution in [0.4, 0.5) is 9.59 Å². The number of rotatable bonds is 11. The monoisotopic (exact) mass is 880 g/mol. The molecule has 336 valence electrons. The number of aromatic nitrogens is 4. The highest BCUT2D eigenvalue weighted by Crippen LogP contribution is 2.43. The predicted molar refractivity (Wildman–Crippen MR) is 241 cm³/mol. The second-order valence-corrected chi connectivity index (χ2v) is 17.0. The lowest BCUT2D eigenvalue weighted by molar-refractivity contribution is -0.153. The first kappa shape index (κ1) is 43.2. The van der Waals surface area contributed by atoms with Crippen molar-refractivity contribution in [2.24, 2.45) is 5.92 Å². The van der Waals surface area contributed by atoms with E-state index in [9.17, 15) is 19.2 Å². The summed E-state index contributed by atoms with van der Waals surface area (Å²) in [4.78, 5) is 72.3. The van der Waals surface area contributed by atoms with Gasteiger partial charge in [-0.15, -0.1) is 0 Å². The molecule has 16 heteroatoms. The number of alkyl carbamates (subject to hydrolysis) is 2. The Kier molecular flexibility index (Phi) is 12.1. The summed E-state index contributed by atoms with van der Waals surface area (Å²) in [5.41, 5.74) is 6.34. The summed E-state index contributed by atoms with van der Waals surface area (Å²) in [5.74, 6) is -0.308. The van der Waals surface area contributed by atoms with Crippen LogP contribution in [0.1, 0.15) is 68.4 Å². The first-order valence-electron chi connectivity index (χ1n) is 21.9. The summed E-state index contributed by atoms with van der Waals surface area (Å²) in [7, 11) is 2.55. The Hall–Kier alpha value is -7.04. The fourth-order valence-corrected chi connectivity index (χ4v) is 9.23. The van der Waals surface area contributed by atoms with Gasteiger partial charge in [0.25, 0.3) is 5.91 Å². The fourth-order valence-electron chi connectivity index (χ4n) is 9.23. The molecule has 3 aliphatic rings. The minimum Gasteiger partial charge on any atom is -0.453 e. The van der Waals surface area contributed by atoms with E-state index in [1.165, 1.54) is 14.2 Å². The molecule has 2 aromatic heterocycles. The topological polar surface area (TPSA) is 193 Å². The first-order chi connectivity index (χ1) is 31.5. The summed E-state index contributed by atoms with van der Waals surface area (Å²) in [6.45, 7) is 5.38. The molecule has 65 heavy (non-hydrogen) atoms. The molecule has 5 heterocycles. The molecule has 4 N–H and O–H groups in total. The molecule has 2 unspecified atom stereocenters. The average Bonchev–Trinajstić information content (AvgIpc) is 4.21. The van der Waals surface area contributed by atoms with Gasteiger partial charge in [0.15, 0.2) is 5.79 Å². The Morgan fingerprint density at radius 1 is 0.708 bits per heavy atom. The average molecular weight is 881 g/mol. The zero-order valence-electron chi connectivity index (χ0n) is 36.7. The summed E-state index contributed by atoms with van der Waals surface area (Å²) >= 11 is 0. The van der Waals surface area contributed by atoms with Gasteiger partial charge in [-0.3, -0.25) is 9.59 Å². The lowest BCUT2D eigenvalue weighted by atomic mass is 9.98. The molecule has 4 amide bonds. The van der Waals surface area contributed by atoms with Gasteiger partial charge >= 0.3 is 12.2 Å². The van der Waals surface area contributed by atoms with E-state index in [1.54, 1.807) is 16.0 Å². The molecule has 1 spiro atoms. The number of carbonyl (C=O) groups excluding carboxylic acids is 4. The second-order valence-electron chi connectivity index (χ2n) is 17.0. The number of hydrogen-bond acceptors (Lipinski definition) is 10. The smallest absolute Gasteiger partial charge is 0.407 e. The number of imidazole rings is 2. The zero-order chi connectivity index (χ0) is 45.2. The van der Waals surface area contributed by atoms with E-state index >= 15 is 0 Å². The van der Waals surface area contributed by atoms with Crippen LogP contribution < -0.4 is 10.6 Å². The maximum Gasteiger partial charge on any atom is 0.407 e. The van der Waals surface area contributed by atoms with E-state index in [-0.39, 0.29) is 30.3 Å². The van der Waals surface area contributed by atoms with Gasteiger partial charge in [0, 0.05) is 18.5 Å². The molecule has 6 aromatic rings. The molecule has 3 saturated heterocycles. The van der Waals surface area contributed by atoms with Crippen LogP contribution in [-0.2, 0) is 28.5 Å². The molecule has 4 atom stereocenters. The number of nitrogens with zero attached hydrogens (tertiary/aromatic N) is 4. The van der Waals surface area contributed by atoms with Crippen LogP contribution >= 0.6 is 0 Å². The third-order valence-electron chi connectivity index (χ3n) is 12.6. The largest absolute Gasteiger partial charge is 0.453 e. The molecular formula is C49H52N8O8.